The van der Waals surface area contributed by atoms with Crippen LogP contribution in [0.1, 0.15) is 12.8 Å². The first-order valence-corrected chi connectivity index (χ1v) is 8.97. The maximum atomic E-state index is 11.9. The van der Waals surface area contributed by atoms with E-state index in [-0.39, 0.29) is 0 Å². The highest BCUT2D eigenvalue weighted by molar-refractivity contribution is 9.10. The molecule has 0 aliphatic carbocycles. The average Bonchev–Trinajstić information content (AvgIpc) is 2.29. The molecule has 0 atom stereocenters. The number of sulfonamides is 1. The number of unbranched alkanes of at least 4 members (excludes halogenated alkanes) is 1. The summed E-state index contributed by atoms with van der Waals surface area (Å²) in [6.45, 7) is 0.495. The molecule has 1 aromatic carbocycles. The minimum Gasteiger partial charge on any atom is -0.211 e. The summed E-state index contributed by atoms with van der Waals surface area (Å²) in [6, 6.07) is 6.71. The lowest BCUT2D eigenvalue weighted by Gasteiger charge is -2.06. The van der Waals surface area contributed by atoms with Gasteiger partial charge in [0.05, 0.1) is 4.90 Å². The molecule has 0 heterocycles. The fourth-order valence-electron chi connectivity index (χ4n) is 1.30. The summed E-state index contributed by atoms with van der Waals surface area (Å²) in [4.78, 5) is 0.303. The predicted molar refractivity (Wildman–Crippen MR) is 76.9 cm³/mol. The number of hydrogen-bond acceptors (Lipinski definition) is 3. The molecule has 0 saturated carbocycles. The zero-order valence-electron chi connectivity index (χ0n) is 9.65. The van der Waals surface area contributed by atoms with Crippen LogP contribution in [0.5, 0.6) is 0 Å². The van der Waals surface area contributed by atoms with Gasteiger partial charge in [-0.3, -0.25) is 0 Å². The SMILES string of the molecule is CSCCCCNS(=O)(=O)c1cccc(Br)c1. The highest BCUT2D eigenvalue weighted by Crippen LogP contribution is 2.15. The third-order valence-corrected chi connectivity index (χ3v) is 4.82. The topological polar surface area (TPSA) is 46.2 Å². The molecule has 6 heteroatoms. The van der Waals surface area contributed by atoms with Crippen molar-refractivity contribution >= 4 is 37.7 Å². The lowest BCUT2D eigenvalue weighted by atomic mass is 10.3. The Morgan fingerprint density at radius 2 is 2.12 bits per heavy atom. The molecule has 0 unspecified atom stereocenters. The normalized spacial score (nSPS) is 11.6. The van der Waals surface area contributed by atoms with E-state index in [0.29, 0.717) is 11.4 Å². The monoisotopic (exact) mass is 337 g/mol. The van der Waals surface area contributed by atoms with Crippen molar-refractivity contribution in [3.8, 4) is 0 Å². The molecular weight excluding hydrogens is 322 g/mol. The Balaban J connectivity index is 2.51. The van der Waals surface area contributed by atoms with Gasteiger partial charge in [-0.1, -0.05) is 22.0 Å². The van der Waals surface area contributed by atoms with Crippen molar-refractivity contribution in [3.05, 3.63) is 28.7 Å². The fraction of sp³-hybridized carbons (Fsp3) is 0.455. The van der Waals surface area contributed by atoms with E-state index in [0.717, 1.165) is 23.1 Å². The molecule has 0 bridgehead atoms. The number of hydrogen-bond donors (Lipinski definition) is 1. The maximum absolute atomic E-state index is 11.9. The molecule has 0 amide bonds. The summed E-state index contributed by atoms with van der Waals surface area (Å²) in [5.74, 6) is 1.07. The third-order valence-electron chi connectivity index (χ3n) is 2.17. The van der Waals surface area contributed by atoms with Gasteiger partial charge in [0.25, 0.3) is 0 Å². The zero-order valence-corrected chi connectivity index (χ0v) is 12.9. The van der Waals surface area contributed by atoms with E-state index in [1.54, 1.807) is 36.0 Å². The van der Waals surface area contributed by atoms with Gasteiger partial charge in [-0.25, -0.2) is 13.1 Å². The lowest BCUT2D eigenvalue weighted by Crippen LogP contribution is -2.24. The van der Waals surface area contributed by atoms with Crippen LogP contribution < -0.4 is 4.72 Å². The first-order valence-electron chi connectivity index (χ1n) is 5.30. The molecular formula is C11H16BrNO2S2. The molecule has 0 radical (unpaired) electrons. The number of nitrogens with one attached hydrogen (secondary N) is 1. The Morgan fingerprint density at radius 1 is 1.35 bits per heavy atom. The van der Waals surface area contributed by atoms with Gasteiger partial charge in [0.1, 0.15) is 0 Å². The summed E-state index contributed by atoms with van der Waals surface area (Å²) < 4.78 is 27.1. The lowest BCUT2D eigenvalue weighted by molar-refractivity contribution is 0.578. The van der Waals surface area contributed by atoms with Crippen LogP contribution in [-0.4, -0.2) is 27.0 Å². The van der Waals surface area contributed by atoms with E-state index in [2.05, 4.69) is 20.7 Å². The molecule has 0 fully saturated rings. The number of rotatable bonds is 7. The molecule has 0 spiro atoms. The van der Waals surface area contributed by atoms with Crippen molar-refractivity contribution in [2.24, 2.45) is 0 Å². The van der Waals surface area contributed by atoms with Crippen molar-refractivity contribution in [1.82, 2.24) is 4.72 Å². The summed E-state index contributed by atoms with van der Waals surface area (Å²) in [6.07, 6.45) is 3.95. The smallest absolute Gasteiger partial charge is 0.211 e. The van der Waals surface area contributed by atoms with Crippen molar-refractivity contribution in [1.29, 1.82) is 0 Å². The van der Waals surface area contributed by atoms with Crippen LogP contribution in [0, 0.1) is 0 Å². The Hall–Kier alpha value is -0.0400. The van der Waals surface area contributed by atoms with E-state index in [9.17, 15) is 8.42 Å². The molecule has 3 nitrogen and oxygen atoms in total. The van der Waals surface area contributed by atoms with Gasteiger partial charge in [0.2, 0.25) is 10.0 Å². The molecule has 0 aliphatic rings. The Morgan fingerprint density at radius 3 is 2.76 bits per heavy atom. The summed E-state index contributed by atoms with van der Waals surface area (Å²) in [5.41, 5.74) is 0. The van der Waals surface area contributed by atoms with Gasteiger partial charge in [0.15, 0.2) is 0 Å². The van der Waals surface area contributed by atoms with Crippen LogP contribution >= 0.6 is 27.7 Å². The van der Waals surface area contributed by atoms with E-state index in [1.165, 1.54) is 0 Å². The minimum absolute atomic E-state index is 0.303. The van der Waals surface area contributed by atoms with E-state index in [4.69, 9.17) is 0 Å². The van der Waals surface area contributed by atoms with Crippen molar-refractivity contribution in [3.63, 3.8) is 0 Å². The average molecular weight is 338 g/mol. The second-order valence-corrected chi connectivity index (χ2v) is 7.22. The minimum atomic E-state index is -3.36. The van der Waals surface area contributed by atoms with Gasteiger partial charge >= 0.3 is 0 Å². The molecule has 1 N–H and O–H groups in total. The maximum Gasteiger partial charge on any atom is 0.240 e. The number of halogens is 1. The Labute approximate surface area is 116 Å². The third kappa shape index (κ3) is 5.42. The highest BCUT2D eigenvalue weighted by atomic mass is 79.9. The van der Waals surface area contributed by atoms with E-state index in [1.807, 2.05) is 6.26 Å². The summed E-state index contributed by atoms with van der Waals surface area (Å²) >= 11 is 5.04. The molecule has 0 aromatic heterocycles. The van der Waals surface area contributed by atoms with Crippen LogP contribution in [0.4, 0.5) is 0 Å². The fourth-order valence-corrected chi connectivity index (χ4v) is 3.46. The van der Waals surface area contributed by atoms with Gasteiger partial charge in [-0.15, -0.1) is 0 Å². The van der Waals surface area contributed by atoms with Gasteiger partial charge in [0, 0.05) is 11.0 Å². The van der Waals surface area contributed by atoms with Crippen LogP contribution in [-0.2, 0) is 10.0 Å². The van der Waals surface area contributed by atoms with Crippen molar-refractivity contribution < 1.29 is 8.42 Å². The molecule has 96 valence electrons. The standard InChI is InChI=1S/C11H16BrNO2S2/c1-16-8-3-2-7-13-17(14,15)11-6-4-5-10(12)9-11/h4-6,9,13H,2-3,7-8H2,1H3. The van der Waals surface area contributed by atoms with Crippen LogP contribution in [0.2, 0.25) is 0 Å². The van der Waals surface area contributed by atoms with Crippen molar-refractivity contribution in [2.75, 3.05) is 18.6 Å². The molecule has 1 rings (SSSR count). The van der Waals surface area contributed by atoms with Crippen LogP contribution in [0.15, 0.2) is 33.6 Å². The van der Waals surface area contributed by atoms with Gasteiger partial charge < -0.3 is 0 Å². The van der Waals surface area contributed by atoms with Gasteiger partial charge in [-0.2, -0.15) is 11.8 Å². The molecule has 1 aromatic rings. The largest absolute Gasteiger partial charge is 0.240 e. The predicted octanol–water partition coefficient (Wildman–Crippen LogP) is 2.87. The Kier molecular flexibility index (Phi) is 6.54. The number of thioether (sulfide) groups is 1. The van der Waals surface area contributed by atoms with Gasteiger partial charge in [-0.05, 0) is 43.0 Å². The summed E-state index contributed by atoms with van der Waals surface area (Å²) in [5, 5.41) is 0. The van der Waals surface area contributed by atoms with Crippen molar-refractivity contribution in [2.45, 2.75) is 17.7 Å². The Bertz CT molecular complexity index is 449. The first-order chi connectivity index (χ1) is 8.06. The second kappa shape index (κ2) is 7.41. The van der Waals surface area contributed by atoms with E-state index < -0.39 is 10.0 Å². The number of benzene rings is 1. The molecule has 17 heavy (non-hydrogen) atoms. The summed E-state index contributed by atoms with van der Waals surface area (Å²) in [7, 11) is -3.36. The first kappa shape index (κ1) is 15.0. The van der Waals surface area contributed by atoms with Crippen LogP contribution in [0.25, 0.3) is 0 Å². The quantitative estimate of drug-likeness (QED) is 0.778. The zero-order chi connectivity index (χ0) is 12.7. The molecule has 0 aliphatic heterocycles. The second-order valence-electron chi connectivity index (χ2n) is 3.56. The van der Waals surface area contributed by atoms with E-state index >= 15 is 0 Å². The molecule has 0 saturated heterocycles. The highest BCUT2D eigenvalue weighted by Gasteiger charge is 2.12. The van der Waals surface area contributed by atoms with Crippen LogP contribution in [0.3, 0.4) is 0 Å².